The summed E-state index contributed by atoms with van der Waals surface area (Å²) < 4.78 is 45.6. The number of ether oxygens (including phenoxy) is 4. The molecule has 0 saturated heterocycles. The number of benzene rings is 2. The molecule has 7 nitrogen and oxygen atoms in total. The zero-order valence-corrected chi connectivity index (χ0v) is 16.5. The SMILES string of the molecule is COc1ccc(C(=O)Nc2nc(-c3ccc4c(c3)OCCO4)cs2)cc1OC(F)F. The second kappa shape index (κ2) is 8.54. The quantitative estimate of drug-likeness (QED) is 0.618. The number of aromatic nitrogens is 1. The Bertz CT molecular complexity index is 1070. The highest BCUT2D eigenvalue weighted by Gasteiger charge is 2.17. The number of nitrogens with one attached hydrogen (secondary N) is 1. The van der Waals surface area contributed by atoms with E-state index in [0.717, 1.165) is 5.56 Å². The lowest BCUT2D eigenvalue weighted by Gasteiger charge is -2.18. The maximum Gasteiger partial charge on any atom is 0.387 e. The predicted octanol–water partition coefficient (Wildman–Crippen LogP) is 4.44. The van der Waals surface area contributed by atoms with Crippen LogP contribution in [0.25, 0.3) is 11.3 Å². The largest absolute Gasteiger partial charge is 0.493 e. The summed E-state index contributed by atoms with van der Waals surface area (Å²) in [6.45, 7) is -2.05. The highest BCUT2D eigenvalue weighted by atomic mass is 32.1. The number of anilines is 1. The molecule has 2 aromatic carbocycles. The Morgan fingerprint density at radius 1 is 1.13 bits per heavy atom. The molecule has 1 aliphatic heterocycles. The van der Waals surface area contributed by atoms with Crippen molar-refractivity contribution in [2.75, 3.05) is 25.6 Å². The Hall–Kier alpha value is -3.40. The van der Waals surface area contributed by atoms with E-state index in [1.807, 2.05) is 18.2 Å². The highest BCUT2D eigenvalue weighted by Crippen LogP contribution is 2.35. The van der Waals surface area contributed by atoms with Gasteiger partial charge in [-0.3, -0.25) is 10.1 Å². The molecule has 0 bridgehead atoms. The van der Waals surface area contributed by atoms with Gasteiger partial charge in [0.1, 0.15) is 13.2 Å². The summed E-state index contributed by atoms with van der Waals surface area (Å²) in [5.74, 6) is 0.676. The van der Waals surface area contributed by atoms with Gasteiger partial charge in [0.2, 0.25) is 0 Å². The molecule has 0 saturated carbocycles. The number of fused-ring (bicyclic) bond motifs is 1. The van der Waals surface area contributed by atoms with Crippen molar-refractivity contribution in [3.8, 4) is 34.3 Å². The fourth-order valence-electron chi connectivity index (χ4n) is 2.84. The number of carbonyl (C=O) groups excluding carboxylic acids is 1. The summed E-state index contributed by atoms with van der Waals surface area (Å²) in [6.07, 6.45) is 0. The molecular weight excluding hydrogens is 418 g/mol. The average molecular weight is 434 g/mol. The van der Waals surface area contributed by atoms with Gasteiger partial charge in [-0.15, -0.1) is 11.3 Å². The molecule has 1 N–H and O–H groups in total. The number of amides is 1. The number of halogens is 2. The zero-order chi connectivity index (χ0) is 21.1. The van der Waals surface area contributed by atoms with Crippen LogP contribution in [0.15, 0.2) is 41.8 Å². The third-order valence-electron chi connectivity index (χ3n) is 4.20. The van der Waals surface area contributed by atoms with Crippen molar-refractivity contribution >= 4 is 22.4 Å². The van der Waals surface area contributed by atoms with Gasteiger partial charge in [0.05, 0.1) is 12.8 Å². The van der Waals surface area contributed by atoms with Crippen molar-refractivity contribution in [3.05, 3.63) is 47.3 Å². The number of carbonyl (C=O) groups is 1. The Morgan fingerprint density at radius 2 is 1.93 bits per heavy atom. The molecule has 0 aliphatic carbocycles. The van der Waals surface area contributed by atoms with Crippen molar-refractivity contribution in [1.29, 1.82) is 0 Å². The number of thiazole rings is 1. The molecule has 0 atom stereocenters. The van der Waals surface area contributed by atoms with E-state index in [-0.39, 0.29) is 17.1 Å². The van der Waals surface area contributed by atoms with Crippen LogP contribution < -0.4 is 24.3 Å². The van der Waals surface area contributed by atoms with Gasteiger partial charge in [-0.05, 0) is 36.4 Å². The van der Waals surface area contributed by atoms with Crippen LogP contribution in [0.4, 0.5) is 13.9 Å². The lowest BCUT2D eigenvalue weighted by molar-refractivity contribution is -0.0512. The van der Waals surface area contributed by atoms with Crippen molar-refractivity contribution in [3.63, 3.8) is 0 Å². The van der Waals surface area contributed by atoms with Crippen molar-refractivity contribution in [1.82, 2.24) is 4.98 Å². The predicted molar refractivity (Wildman–Crippen MR) is 106 cm³/mol. The first kappa shape index (κ1) is 19.9. The summed E-state index contributed by atoms with van der Waals surface area (Å²) in [5, 5.41) is 4.81. The van der Waals surface area contributed by atoms with Gasteiger partial charge < -0.3 is 18.9 Å². The van der Waals surface area contributed by atoms with E-state index in [2.05, 4.69) is 15.0 Å². The molecular formula is C20H16F2N2O5S. The summed E-state index contributed by atoms with van der Waals surface area (Å²) in [6, 6.07) is 9.51. The minimum Gasteiger partial charge on any atom is -0.493 e. The summed E-state index contributed by atoms with van der Waals surface area (Å²) in [5.41, 5.74) is 1.60. The smallest absolute Gasteiger partial charge is 0.387 e. The van der Waals surface area contributed by atoms with Gasteiger partial charge in [-0.2, -0.15) is 8.78 Å². The molecule has 1 aromatic heterocycles. The van der Waals surface area contributed by atoms with Gasteiger partial charge in [-0.25, -0.2) is 4.98 Å². The van der Waals surface area contributed by atoms with E-state index < -0.39 is 12.5 Å². The summed E-state index contributed by atoms with van der Waals surface area (Å²) in [7, 11) is 1.32. The Labute approximate surface area is 174 Å². The zero-order valence-electron chi connectivity index (χ0n) is 15.7. The molecule has 1 amide bonds. The van der Waals surface area contributed by atoms with Gasteiger partial charge in [-0.1, -0.05) is 0 Å². The molecule has 156 valence electrons. The molecule has 2 heterocycles. The van der Waals surface area contributed by atoms with Gasteiger partial charge in [0.25, 0.3) is 5.91 Å². The number of rotatable bonds is 6. The van der Waals surface area contributed by atoms with Crippen LogP contribution in [0.5, 0.6) is 23.0 Å². The first-order valence-corrected chi connectivity index (χ1v) is 9.71. The molecule has 0 spiro atoms. The minimum atomic E-state index is -3.04. The first-order chi connectivity index (χ1) is 14.5. The first-order valence-electron chi connectivity index (χ1n) is 8.83. The van der Waals surface area contributed by atoms with Crippen molar-refractivity contribution in [2.24, 2.45) is 0 Å². The Morgan fingerprint density at radius 3 is 2.70 bits per heavy atom. The van der Waals surface area contributed by atoms with Gasteiger partial charge in [0, 0.05) is 16.5 Å². The summed E-state index contributed by atoms with van der Waals surface area (Å²) >= 11 is 1.24. The minimum absolute atomic E-state index is 0.0991. The molecule has 3 aromatic rings. The molecule has 0 radical (unpaired) electrons. The van der Waals surface area contributed by atoms with Crippen LogP contribution in [0, 0.1) is 0 Å². The number of hydrogen-bond acceptors (Lipinski definition) is 7. The van der Waals surface area contributed by atoms with Crippen LogP contribution >= 0.6 is 11.3 Å². The fraction of sp³-hybridized carbons (Fsp3) is 0.200. The molecule has 10 heteroatoms. The number of alkyl halides is 2. The highest BCUT2D eigenvalue weighted by molar-refractivity contribution is 7.14. The summed E-state index contributed by atoms with van der Waals surface area (Å²) in [4.78, 5) is 16.9. The number of nitrogens with zero attached hydrogens (tertiary/aromatic N) is 1. The van der Waals surface area contributed by atoms with E-state index in [0.29, 0.717) is 35.5 Å². The van der Waals surface area contributed by atoms with Crippen LogP contribution in [0.1, 0.15) is 10.4 Å². The molecule has 4 rings (SSSR count). The van der Waals surface area contributed by atoms with Crippen molar-refractivity contribution < 1.29 is 32.5 Å². The van der Waals surface area contributed by atoms with Gasteiger partial charge in [0.15, 0.2) is 28.1 Å². The Kier molecular flexibility index (Phi) is 5.66. The molecule has 30 heavy (non-hydrogen) atoms. The second-order valence-electron chi connectivity index (χ2n) is 6.09. The average Bonchev–Trinajstić information content (AvgIpc) is 3.21. The molecule has 0 unspecified atom stereocenters. The van der Waals surface area contributed by atoms with Crippen LogP contribution in [-0.4, -0.2) is 37.8 Å². The number of hydrogen-bond donors (Lipinski definition) is 1. The van der Waals surface area contributed by atoms with E-state index >= 15 is 0 Å². The lowest BCUT2D eigenvalue weighted by Crippen LogP contribution is -2.15. The number of methoxy groups -OCH3 is 1. The third-order valence-corrected chi connectivity index (χ3v) is 4.96. The van der Waals surface area contributed by atoms with E-state index in [9.17, 15) is 13.6 Å². The molecule has 1 aliphatic rings. The van der Waals surface area contributed by atoms with E-state index in [4.69, 9.17) is 14.2 Å². The monoisotopic (exact) mass is 434 g/mol. The topological polar surface area (TPSA) is 78.9 Å². The van der Waals surface area contributed by atoms with Gasteiger partial charge >= 0.3 is 6.61 Å². The third kappa shape index (κ3) is 4.28. The Balaban J connectivity index is 1.50. The fourth-order valence-corrected chi connectivity index (χ4v) is 3.56. The van der Waals surface area contributed by atoms with Crippen LogP contribution in [0.3, 0.4) is 0 Å². The van der Waals surface area contributed by atoms with E-state index in [1.54, 1.807) is 5.38 Å². The normalized spacial score (nSPS) is 12.5. The van der Waals surface area contributed by atoms with Crippen molar-refractivity contribution in [2.45, 2.75) is 6.61 Å². The lowest BCUT2D eigenvalue weighted by atomic mass is 10.1. The standard InChI is InChI=1S/C20H16F2N2O5S/c1-26-14-4-3-12(9-17(14)29-19(21)22)18(25)24-20-23-13(10-30-20)11-2-5-15-16(8-11)28-7-6-27-15/h2-5,8-10,19H,6-7H2,1H3,(H,23,24,25). The van der Waals surface area contributed by atoms with Crippen LogP contribution in [-0.2, 0) is 0 Å². The molecule has 0 fully saturated rings. The van der Waals surface area contributed by atoms with Crippen LogP contribution in [0.2, 0.25) is 0 Å². The van der Waals surface area contributed by atoms with E-state index in [1.165, 1.54) is 36.6 Å². The second-order valence-corrected chi connectivity index (χ2v) is 6.95. The maximum atomic E-state index is 12.6. The maximum absolute atomic E-state index is 12.6.